The Morgan fingerprint density at radius 1 is 0.660 bits per heavy atom. The fourth-order valence-electron chi connectivity index (χ4n) is 5.74. The number of rotatable bonds is 26. The van der Waals surface area contributed by atoms with E-state index in [1.807, 2.05) is 0 Å². The van der Waals surface area contributed by atoms with Crippen LogP contribution in [0.25, 0.3) is 0 Å². The lowest BCUT2D eigenvalue weighted by Crippen LogP contribution is -2.18. The number of carbonyl (C=O) groups is 3. The van der Waals surface area contributed by atoms with Crippen LogP contribution in [0.1, 0.15) is 144 Å². The second-order valence-corrected chi connectivity index (χ2v) is 14.8. The van der Waals surface area contributed by atoms with Crippen molar-refractivity contribution < 1.29 is 37.8 Å². The molecule has 3 aromatic rings. The second-order valence-electron chi connectivity index (χ2n) is 13.1. The molecular weight excluding hydrogens is 693 g/mol. The minimum atomic E-state index is -4.04. The number of carboxylic acids is 1. The Bertz CT molecular complexity index is 1610. The highest BCUT2D eigenvalue weighted by molar-refractivity contribution is 7.92. The van der Waals surface area contributed by atoms with Crippen LogP contribution in [0.3, 0.4) is 0 Å². The number of aliphatic hydroxyl groups is 1. The predicted octanol–water partition coefficient (Wildman–Crippen LogP) is 10.0. The highest BCUT2D eigenvalue weighted by Crippen LogP contribution is 2.23. The van der Waals surface area contributed by atoms with Gasteiger partial charge in [0.1, 0.15) is 5.75 Å². The summed E-state index contributed by atoms with van der Waals surface area (Å²) < 4.78 is 34.2. The monoisotopic (exact) mass is 752 g/mol. The standard InChI is InChI=1S/C40H54N2O7S.C2H6O/c1-2-3-4-5-6-7-8-9-10-11-12-13-14-15-16-19-29-49-38-24-18-17-23-36(38)37(43)31-39(44)41-34-21-20-22-35(30-34)50(47,48)42-33-27-25-32(26-28-33)40(45)46;1-2-3/h17-18,20-28,30,42H,2-16,19,29,31H2,1H3,(H,41,44)(H,45,46);3H,2H2,1H3. The first-order valence-corrected chi connectivity index (χ1v) is 20.7. The lowest BCUT2D eigenvalue weighted by atomic mass is 10.0. The molecule has 0 unspecified atom stereocenters. The van der Waals surface area contributed by atoms with Gasteiger partial charge in [0, 0.05) is 18.0 Å². The van der Waals surface area contributed by atoms with E-state index in [1.54, 1.807) is 31.2 Å². The smallest absolute Gasteiger partial charge is 0.335 e. The highest BCUT2D eigenvalue weighted by Gasteiger charge is 2.19. The van der Waals surface area contributed by atoms with Crippen molar-refractivity contribution in [3.05, 3.63) is 83.9 Å². The molecule has 0 saturated heterocycles. The zero-order valence-electron chi connectivity index (χ0n) is 31.6. The summed E-state index contributed by atoms with van der Waals surface area (Å²) in [5.41, 5.74) is 0.746. The number of benzene rings is 3. The Morgan fingerprint density at radius 2 is 1.19 bits per heavy atom. The summed E-state index contributed by atoms with van der Waals surface area (Å²) in [5.74, 6) is -1.67. The van der Waals surface area contributed by atoms with Crippen LogP contribution in [0.5, 0.6) is 5.75 Å². The van der Waals surface area contributed by atoms with Crippen LogP contribution < -0.4 is 14.8 Å². The van der Waals surface area contributed by atoms with Gasteiger partial charge in [0.2, 0.25) is 5.91 Å². The van der Waals surface area contributed by atoms with Crippen molar-refractivity contribution in [1.82, 2.24) is 0 Å². The van der Waals surface area contributed by atoms with Crippen LogP contribution in [0.4, 0.5) is 11.4 Å². The van der Waals surface area contributed by atoms with E-state index >= 15 is 0 Å². The van der Waals surface area contributed by atoms with Gasteiger partial charge in [-0.3, -0.25) is 14.3 Å². The maximum absolute atomic E-state index is 13.1. The third-order valence-electron chi connectivity index (χ3n) is 8.58. The third kappa shape index (κ3) is 18.9. The number of Topliss-reactive ketones (excluding diaryl/α,β-unsaturated/α-hetero) is 1. The molecule has 0 aromatic heterocycles. The number of carbonyl (C=O) groups excluding carboxylic acids is 2. The molecule has 0 fully saturated rings. The number of carboxylic acid groups (broad SMARTS) is 1. The number of unbranched alkanes of at least 4 members (excludes halogenated alkanes) is 15. The molecule has 0 aliphatic carbocycles. The number of amides is 1. The summed E-state index contributed by atoms with van der Waals surface area (Å²) in [4.78, 5) is 36.8. The molecule has 0 aliphatic rings. The van der Waals surface area contributed by atoms with Gasteiger partial charge in [-0.05, 0) is 67.9 Å². The maximum Gasteiger partial charge on any atom is 0.335 e. The molecule has 11 heteroatoms. The molecular formula is C42H60N2O8S. The number of ether oxygens (including phenoxy) is 1. The first-order valence-electron chi connectivity index (χ1n) is 19.2. The summed E-state index contributed by atoms with van der Waals surface area (Å²) >= 11 is 0. The summed E-state index contributed by atoms with van der Waals surface area (Å²) in [5, 5.41) is 19.2. The number of para-hydroxylation sites is 1. The molecule has 3 rings (SSSR count). The van der Waals surface area contributed by atoms with Crippen LogP contribution in [-0.2, 0) is 14.8 Å². The van der Waals surface area contributed by atoms with Crippen LogP contribution in [0.15, 0.2) is 77.7 Å². The number of hydrogen-bond donors (Lipinski definition) is 4. The number of hydrogen-bond acceptors (Lipinski definition) is 7. The number of nitrogens with one attached hydrogen (secondary N) is 2. The maximum atomic E-state index is 13.1. The lowest BCUT2D eigenvalue weighted by Gasteiger charge is -2.12. The van der Waals surface area contributed by atoms with E-state index in [-0.39, 0.29) is 28.4 Å². The van der Waals surface area contributed by atoms with E-state index < -0.39 is 34.1 Å². The molecule has 0 heterocycles. The van der Waals surface area contributed by atoms with Crippen molar-refractivity contribution in [2.75, 3.05) is 23.3 Å². The highest BCUT2D eigenvalue weighted by atomic mass is 32.2. The van der Waals surface area contributed by atoms with Crippen molar-refractivity contribution in [3.8, 4) is 5.75 Å². The number of sulfonamides is 1. The van der Waals surface area contributed by atoms with Crippen molar-refractivity contribution in [1.29, 1.82) is 0 Å². The van der Waals surface area contributed by atoms with Gasteiger partial charge in [-0.25, -0.2) is 13.2 Å². The fourth-order valence-corrected chi connectivity index (χ4v) is 6.84. The average molecular weight is 753 g/mol. The Kier molecular flexibility index (Phi) is 22.5. The van der Waals surface area contributed by atoms with Crippen LogP contribution in [0, 0.1) is 0 Å². The minimum Gasteiger partial charge on any atom is -0.493 e. The largest absolute Gasteiger partial charge is 0.493 e. The normalized spacial score (nSPS) is 10.9. The van der Waals surface area contributed by atoms with Gasteiger partial charge >= 0.3 is 5.97 Å². The molecule has 1 amide bonds. The second kappa shape index (κ2) is 26.5. The van der Waals surface area contributed by atoms with Gasteiger partial charge in [0.05, 0.1) is 29.1 Å². The Balaban J connectivity index is 0.00000313. The van der Waals surface area contributed by atoms with Crippen molar-refractivity contribution >= 4 is 39.1 Å². The lowest BCUT2D eigenvalue weighted by molar-refractivity contribution is -0.115. The first-order chi connectivity index (χ1) is 25.6. The average Bonchev–Trinajstić information content (AvgIpc) is 3.13. The van der Waals surface area contributed by atoms with Gasteiger partial charge in [0.15, 0.2) is 5.78 Å². The summed E-state index contributed by atoms with van der Waals surface area (Å²) in [6.45, 7) is 4.69. The molecule has 292 valence electrons. The van der Waals surface area contributed by atoms with E-state index in [2.05, 4.69) is 17.0 Å². The number of aromatic carboxylic acids is 1. The molecule has 53 heavy (non-hydrogen) atoms. The summed E-state index contributed by atoms with van der Waals surface area (Å²) in [6, 6.07) is 17.8. The van der Waals surface area contributed by atoms with Gasteiger partial charge in [0.25, 0.3) is 10.0 Å². The SMILES string of the molecule is CCCCCCCCCCCCCCCCCCOc1ccccc1C(=O)CC(=O)Nc1cccc(S(=O)(=O)Nc2ccc(C(=O)O)cc2)c1.CCO. The zero-order valence-corrected chi connectivity index (χ0v) is 32.4. The summed E-state index contributed by atoms with van der Waals surface area (Å²) in [7, 11) is -4.04. The number of ketones is 1. The van der Waals surface area contributed by atoms with Crippen molar-refractivity contribution in [2.24, 2.45) is 0 Å². The number of aliphatic hydroxyl groups excluding tert-OH is 1. The molecule has 0 atom stereocenters. The van der Waals surface area contributed by atoms with Gasteiger partial charge in [-0.15, -0.1) is 0 Å². The third-order valence-corrected chi connectivity index (χ3v) is 9.96. The molecule has 10 nitrogen and oxygen atoms in total. The number of anilines is 2. The minimum absolute atomic E-state index is 0.0248. The topological polar surface area (TPSA) is 159 Å². The van der Waals surface area contributed by atoms with Crippen LogP contribution >= 0.6 is 0 Å². The van der Waals surface area contributed by atoms with E-state index in [9.17, 15) is 22.8 Å². The van der Waals surface area contributed by atoms with E-state index in [0.717, 1.165) is 12.8 Å². The molecule has 4 N–H and O–H groups in total. The van der Waals surface area contributed by atoms with E-state index in [1.165, 1.54) is 138 Å². The molecule has 0 radical (unpaired) electrons. The molecule has 0 saturated carbocycles. The molecule has 0 bridgehead atoms. The Labute approximate surface area is 316 Å². The van der Waals surface area contributed by atoms with Gasteiger partial charge < -0.3 is 20.3 Å². The molecule has 3 aromatic carbocycles. The van der Waals surface area contributed by atoms with Crippen LogP contribution in [-0.4, -0.2) is 49.5 Å². The van der Waals surface area contributed by atoms with Gasteiger partial charge in [-0.1, -0.05) is 121 Å². The molecule has 0 spiro atoms. The van der Waals surface area contributed by atoms with Crippen LogP contribution in [0.2, 0.25) is 0 Å². The Hall–Kier alpha value is -4.22. The van der Waals surface area contributed by atoms with Crippen molar-refractivity contribution in [2.45, 2.75) is 128 Å². The first kappa shape index (κ1) is 44.9. The predicted molar refractivity (Wildman–Crippen MR) is 212 cm³/mol. The van der Waals surface area contributed by atoms with Gasteiger partial charge in [-0.2, -0.15) is 0 Å². The van der Waals surface area contributed by atoms with E-state index in [4.69, 9.17) is 14.9 Å². The zero-order chi connectivity index (χ0) is 38.7. The quantitative estimate of drug-likeness (QED) is 0.0358. The fraction of sp³-hybridized carbons (Fsp3) is 0.500. The van der Waals surface area contributed by atoms with E-state index in [0.29, 0.717) is 17.9 Å². The Morgan fingerprint density at radius 3 is 1.74 bits per heavy atom. The molecule has 0 aliphatic heterocycles. The van der Waals surface area contributed by atoms with Crippen molar-refractivity contribution in [3.63, 3.8) is 0 Å². The summed E-state index contributed by atoms with van der Waals surface area (Å²) in [6.07, 6.45) is 20.2.